The molecule has 0 aliphatic heterocycles. The maximum absolute atomic E-state index is 12.1. The lowest BCUT2D eigenvalue weighted by Gasteiger charge is -2.08. The predicted octanol–water partition coefficient (Wildman–Crippen LogP) is 3.63. The Bertz CT molecular complexity index is 602. The second-order valence-corrected chi connectivity index (χ2v) is 5.82. The molecule has 4 heteroatoms. The van der Waals surface area contributed by atoms with Crippen molar-refractivity contribution in [3.63, 3.8) is 0 Å². The van der Waals surface area contributed by atoms with Gasteiger partial charge in [-0.15, -0.1) is 11.3 Å². The molecule has 2 aromatic rings. The Morgan fingerprint density at radius 3 is 2.50 bits per heavy atom. The first-order chi connectivity index (χ1) is 8.47. The van der Waals surface area contributed by atoms with Gasteiger partial charge in [0.2, 0.25) is 0 Å². The van der Waals surface area contributed by atoms with E-state index in [0.717, 1.165) is 21.1 Å². The fourth-order valence-electron chi connectivity index (χ4n) is 1.87. The maximum Gasteiger partial charge on any atom is 0.275 e. The van der Waals surface area contributed by atoms with E-state index in [1.165, 1.54) is 5.56 Å². The molecular weight excluding hydrogens is 244 g/mol. The third kappa shape index (κ3) is 2.59. The van der Waals surface area contributed by atoms with Gasteiger partial charge in [0.05, 0.1) is 5.01 Å². The zero-order valence-corrected chi connectivity index (χ0v) is 11.8. The molecule has 0 saturated heterocycles. The van der Waals surface area contributed by atoms with Gasteiger partial charge in [-0.2, -0.15) is 0 Å². The minimum atomic E-state index is -0.135. The fourth-order valence-corrected chi connectivity index (χ4v) is 2.69. The van der Waals surface area contributed by atoms with Crippen molar-refractivity contribution in [1.82, 2.24) is 4.98 Å². The van der Waals surface area contributed by atoms with E-state index in [2.05, 4.69) is 16.4 Å². The Morgan fingerprint density at radius 2 is 1.94 bits per heavy atom. The molecular formula is C14H16N2OS. The van der Waals surface area contributed by atoms with E-state index in [1.54, 1.807) is 11.3 Å². The third-order valence-corrected chi connectivity index (χ3v) is 3.63. The van der Waals surface area contributed by atoms with E-state index >= 15 is 0 Å². The maximum atomic E-state index is 12.1. The van der Waals surface area contributed by atoms with Crippen LogP contribution >= 0.6 is 11.3 Å². The number of benzene rings is 1. The summed E-state index contributed by atoms with van der Waals surface area (Å²) in [4.78, 5) is 17.3. The molecule has 1 N–H and O–H groups in total. The van der Waals surface area contributed by atoms with Crippen molar-refractivity contribution >= 4 is 22.9 Å². The molecule has 1 amide bonds. The van der Waals surface area contributed by atoms with Crippen molar-refractivity contribution in [2.24, 2.45) is 0 Å². The van der Waals surface area contributed by atoms with Crippen molar-refractivity contribution in [2.45, 2.75) is 27.7 Å². The van der Waals surface area contributed by atoms with Gasteiger partial charge in [0.15, 0.2) is 0 Å². The number of anilines is 1. The van der Waals surface area contributed by atoms with Crippen LogP contribution in [0.1, 0.15) is 31.5 Å². The average Bonchev–Trinajstić information content (AvgIpc) is 2.62. The van der Waals surface area contributed by atoms with E-state index in [-0.39, 0.29) is 5.91 Å². The van der Waals surface area contributed by atoms with Crippen molar-refractivity contribution in [3.05, 3.63) is 44.9 Å². The lowest BCUT2D eigenvalue weighted by molar-refractivity contribution is 0.102. The van der Waals surface area contributed by atoms with Gasteiger partial charge in [0.1, 0.15) is 5.69 Å². The third-order valence-electron chi connectivity index (χ3n) is 2.75. The van der Waals surface area contributed by atoms with Crippen molar-refractivity contribution in [2.75, 3.05) is 5.32 Å². The molecule has 0 aliphatic carbocycles. The number of carbonyl (C=O) groups is 1. The highest BCUT2D eigenvalue weighted by molar-refractivity contribution is 7.11. The van der Waals surface area contributed by atoms with Gasteiger partial charge in [0.25, 0.3) is 5.91 Å². The summed E-state index contributed by atoms with van der Waals surface area (Å²) in [6.07, 6.45) is 0. The van der Waals surface area contributed by atoms with Crippen molar-refractivity contribution < 1.29 is 4.79 Å². The quantitative estimate of drug-likeness (QED) is 0.896. The Hall–Kier alpha value is -1.68. The Kier molecular flexibility index (Phi) is 3.48. The van der Waals surface area contributed by atoms with Crippen LogP contribution in [-0.4, -0.2) is 10.9 Å². The van der Waals surface area contributed by atoms with Gasteiger partial charge < -0.3 is 5.32 Å². The van der Waals surface area contributed by atoms with Crippen LogP contribution in [0.2, 0.25) is 0 Å². The van der Waals surface area contributed by atoms with Gasteiger partial charge in [-0.1, -0.05) is 17.7 Å². The summed E-state index contributed by atoms with van der Waals surface area (Å²) < 4.78 is 0. The van der Waals surface area contributed by atoms with Crippen LogP contribution in [0.25, 0.3) is 0 Å². The van der Waals surface area contributed by atoms with E-state index in [1.807, 2.05) is 39.8 Å². The van der Waals surface area contributed by atoms with Gasteiger partial charge >= 0.3 is 0 Å². The van der Waals surface area contributed by atoms with Gasteiger partial charge in [-0.25, -0.2) is 4.98 Å². The molecule has 18 heavy (non-hydrogen) atoms. The van der Waals surface area contributed by atoms with Gasteiger partial charge in [-0.3, -0.25) is 4.79 Å². The number of nitrogens with one attached hydrogen (secondary N) is 1. The molecule has 94 valence electrons. The largest absolute Gasteiger partial charge is 0.320 e. The number of hydrogen-bond acceptors (Lipinski definition) is 3. The highest BCUT2D eigenvalue weighted by atomic mass is 32.1. The Balaban J connectivity index is 2.24. The molecule has 2 rings (SSSR count). The second-order valence-electron chi connectivity index (χ2n) is 4.41. The molecule has 1 aromatic heterocycles. The summed E-state index contributed by atoms with van der Waals surface area (Å²) in [5.41, 5.74) is 3.62. The Morgan fingerprint density at radius 1 is 1.22 bits per heavy atom. The SMILES string of the molecule is Cc1ccc(NC(=O)c2nc(C)sc2C)c(C)c1. The molecule has 0 aliphatic rings. The summed E-state index contributed by atoms with van der Waals surface area (Å²) in [6.45, 7) is 7.85. The number of aromatic nitrogens is 1. The lowest BCUT2D eigenvalue weighted by Crippen LogP contribution is -2.14. The second kappa shape index (κ2) is 4.90. The first kappa shape index (κ1) is 12.8. The van der Waals surface area contributed by atoms with Crippen LogP contribution in [0, 0.1) is 27.7 Å². The normalized spacial score (nSPS) is 10.4. The molecule has 0 atom stereocenters. The monoisotopic (exact) mass is 260 g/mol. The number of aryl methyl sites for hydroxylation is 4. The smallest absolute Gasteiger partial charge is 0.275 e. The minimum Gasteiger partial charge on any atom is -0.320 e. The number of hydrogen-bond donors (Lipinski definition) is 1. The summed E-state index contributed by atoms with van der Waals surface area (Å²) in [5.74, 6) is -0.135. The van der Waals surface area contributed by atoms with Crippen LogP contribution in [0.4, 0.5) is 5.69 Å². The first-order valence-electron chi connectivity index (χ1n) is 5.80. The summed E-state index contributed by atoms with van der Waals surface area (Å²) in [6, 6.07) is 5.97. The van der Waals surface area contributed by atoms with Crippen LogP contribution < -0.4 is 5.32 Å². The molecule has 0 radical (unpaired) electrons. The molecule has 1 heterocycles. The van der Waals surface area contributed by atoms with Crippen LogP contribution in [0.3, 0.4) is 0 Å². The van der Waals surface area contributed by atoms with Crippen LogP contribution in [0.5, 0.6) is 0 Å². The standard InChI is InChI=1S/C14H16N2OS/c1-8-5-6-12(9(2)7-8)16-14(17)13-10(3)18-11(4)15-13/h5-7H,1-4H3,(H,16,17). The number of carbonyl (C=O) groups excluding carboxylic acids is 1. The van der Waals surface area contributed by atoms with Gasteiger partial charge in [-0.05, 0) is 39.3 Å². The Labute approximate surface area is 111 Å². The summed E-state index contributed by atoms with van der Waals surface area (Å²) in [5, 5.41) is 3.83. The van der Waals surface area contributed by atoms with Crippen molar-refractivity contribution in [3.8, 4) is 0 Å². The summed E-state index contributed by atoms with van der Waals surface area (Å²) in [7, 11) is 0. The topological polar surface area (TPSA) is 42.0 Å². The van der Waals surface area contributed by atoms with Crippen LogP contribution in [0.15, 0.2) is 18.2 Å². The number of rotatable bonds is 2. The molecule has 3 nitrogen and oxygen atoms in total. The van der Waals surface area contributed by atoms with E-state index < -0.39 is 0 Å². The molecule has 0 saturated carbocycles. The highest BCUT2D eigenvalue weighted by Gasteiger charge is 2.14. The van der Waals surface area contributed by atoms with Crippen LogP contribution in [-0.2, 0) is 0 Å². The number of nitrogens with zero attached hydrogens (tertiary/aromatic N) is 1. The molecule has 0 unspecified atom stereocenters. The molecule has 0 spiro atoms. The number of amides is 1. The average molecular weight is 260 g/mol. The predicted molar refractivity (Wildman–Crippen MR) is 75.5 cm³/mol. The van der Waals surface area contributed by atoms with Gasteiger partial charge in [0, 0.05) is 10.6 Å². The lowest BCUT2D eigenvalue weighted by atomic mass is 10.1. The van der Waals surface area contributed by atoms with Crippen molar-refractivity contribution in [1.29, 1.82) is 0 Å². The molecule has 1 aromatic carbocycles. The van der Waals surface area contributed by atoms with E-state index in [0.29, 0.717) is 5.69 Å². The first-order valence-corrected chi connectivity index (χ1v) is 6.61. The highest BCUT2D eigenvalue weighted by Crippen LogP contribution is 2.20. The van der Waals surface area contributed by atoms with E-state index in [9.17, 15) is 4.79 Å². The number of thiazole rings is 1. The zero-order valence-electron chi connectivity index (χ0n) is 11.0. The minimum absolute atomic E-state index is 0.135. The van der Waals surface area contributed by atoms with E-state index in [4.69, 9.17) is 0 Å². The fraction of sp³-hybridized carbons (Fsp3) is 0.286. The molecule has 0 bridgehead atoms. The summed E-state index contributed by atoms with van der Waals surface area (Å²) >= 11 is 1.54. The molecule has 0 fully saturated rings. The zero-order chi connectivity index (χ0) is 13.3.